The van der Waals surface area contributed by atoms with Crippen LogP contribution in [0.4, 0.5) is 0 Å². The van der Waals surface area contributed by atoms with Crippen LogP contribution in [0.3, 0.4) is 0 Å². The van der Waals surface area contributed by atoms with E-state index < -0.39 is 0 Å². The van der Waals surface area contributed by atoms with E-state index in [1.165, 1.54) is 0 Å². The van der Waals surface area contributed by atoms with Crippen molar-refractivity contribution >= 4 is 5.97 Å². The summed E-state index contributed by atoms with van der Waals surface area (Å²) in [6.45, 7) is 4.51. The maximum atomic E-state index is 11.8. The number of phenolic OH excluding ortho intramolecular Hbond substituents is 2. The van der Waals surface area contributed by atoms with Gasteiger partial charge in [0, 0.05) is 43.7 Å². The first-order valence-corrected chi connectivity index (χ1v) is 9.72. The Morgan fingerprint density at radius 3 is 2.32 bits per heavy atom. The van der Waals surface area contributed by atoms with E-state index in [1.807, 2.05) is 36.1 Å². The second-order valence-electron chi connectivity index (χ2n) is 6.74. The summed E-state index contributed by atoms with van der Waals surface area (Å²) in [5.74, 6) is 0.296. The average molecular weight is 386 g/mol. The Kier molecular flexibility index (Phi) is 9.31. The molecule has 0 amide bonds. The molecule has 0 aliphatic heterocycles. The molecule has 28 heavy (non-hydrogen) atoms. The Labute approximate surface area is 166 Å². The van der Waals surface area contributed by atoms with Gasteiger partial charge in [-0.25, -0.2) is 0 Å². The van der Waals surface area contributed by atoms with Gasteiger partial charge in [0.25, 0.3) is 0 Å². The highest BCUT2D eigenvalue weighted by atomic mass is 16.5. The number of para-hydroxylation sites is 2. The zero-order chi connectivity index (χ0) is 20.2. The molecule has 3 N–H and O–H groups in total. The number of nitrogens with zero attached hydrogens (tertiary/aromatic N) is 1. The number of hydrogen-bond donors (Lipinski definition) is 3. The van der Waals surface area contributed by atoms with Gasteiger partial charge in [0.15, 0.2) is 0 Å². The van der Waals surface area contributed by atoms with E-state index >= 15 is 0 Å². The predicted molar refractivity (Wildman–Crippen MR) is 109 cm³/mol. The summed E-state index contributed by atoms with van der Waals surface area (Å²) in [5.41, 5.74) is 1.62. The van der Waals surface area contributed by atoms with Gasteiger partial charge in [-0.15, -0.1) is 0 Å². The van der Waals surface area contributed by atoms with Gasteiger partial charge >= 0.3 is 5.97 Å². The van der Waals surface area contributed by atoms with E-state index in [0.717, 1.165) is 24.0 Å². The van der Waals surface area contributed by atoms with E-state index in [9.17, 15) is 15.0 Å². The van der Waals surface area contributed by atoms with Crippen molar-refractivity contribution in [2.75, 3.05) is 19.8 Å². The molecule has 0 aliphatic rings. The lowest BCUT2D eigenvalue weighted by Crippen LogP contribution is -2.34. The highest BCUT2D eigenvalue weighted by molar-refractivity contribution is 5.69. The van der Waals surface area contributed by atoms with Gasteiger partial charge in [-0.05, 0) is 18.6 Å². The Morgan fingerprint density at radius 1 is 1.04 bits per heavy atom. The molecule has 2 aromatic carbocycles. The lowest BCUT2D eigenvalue weighted by atomic mass is 10.2. The van der Waals surface area contributed by atoms with E-state index in [1.54, 1.807) is 24.3 Å². The molecule has 2 rings (SSSR count). The first-order valence-electron chi connectivity index (χ1n) is 9.72. The number of hydrogen-bond acceptors (Lipinski definition) is 6. The highest BCUT2D eigenvalue weighted by Gasteiger charge is 2.12. The molecule has 6 nitrogen and oxygen atoms in total. The van der Waals surface area contributed by atoms with Crippen molar-refractivity contribution < 1.29 is 19.7 Å². The Hall–Kier alpha value is -2.57. The number of esters is 1. The number of carbonyl (C=O) groups is 1. The minimum atomic E-state index is -0.202. The van der Waals surface area contributed by atoms with E-state index in [0.29, 0.717) is 32.6 Å². The number of carbonyl (C=O) groups excluding carboxylic acids is 1. The molecule has 0 radical (unpaired) electrons. The minimum absolute atomic E-state index is 0.176. The van der Waals surface area contributed by atoms with Gasteiger partial charge in [0.2, 0.25) is 0 Å². The number of unbranched alkanes of at least 4 members (excludes halogenated alkanes) is 1. The molecule has 0 atom stereocenters. The van der Waals surface area contributed by atoms with Crippen LogP contribution in [-0.4, -0.2) is 40.9 Å². The number of rotatable bonds is 12. The highest BCUT2D eigenvalue weighted by Crippen LogP contribution is 2.18. The molecule has 0 aliphatic carbocycles. The Balaban J connectivity index is 1.86. The molecule has 0 spiro atoms. The van der Waals surface area contributed by atoms with Crippen LogP contribution >= 0.6 is 0 Å². The minimum Gasteiger partial charge on any atom is -0.508 e. The smallest absolute Gasteiger partial charge is 0.307 e. The molecule has 0 fully saturated rings. The molecule has 0 bridgehead atoms. The summed E-state index contributed by atoms with van der Waals surface area (Å²) >= 11 is 0. The summed E-state index contributed by atoms with van der Waals surface area (Å²) in [6, 6.07) is 14.4. The molecule has 2 aromatic rings. The fourth-order valence-corrected chi connectivity index (χ4v) is 2.75. The fraction of sp³-hybridized carbons (Fsp3) is 0.409. The third kappa shape index (κ3) is 7.58. The third-order valence-corrected chi connectivity index (χ3v) is 4.44. The van der Waals surface area contributed by atoms with Crippen LogP contribution in [-0.2, 0) is 22.6 Å². The Bertz CT molecular complexity index is 736. The van der Waals surface area contributed by atoms with Crippen molar-refractivity contribution in [1.29, 1.82) is 0 Å². The molecule has 0 saturated carbocycles. The topological polar surface area (TPSA) is 82.0 Å². The zero-order valence-corrected chi connectivity index (χ0v) is 16.4. The van der Waals surface area contributed by atoms with Crippen LogP contribution in [0.15, 0.2) is 48.5 Å². The van der Waals surface area contributed by atoms with Crippen molar-refractivity contribution in [3.05, 3.63) is 59.7 Å². The van der Waals surface area contributed by atoms with Crippen LogP contribution in [0.25, 0.3) is 0 Å². The van der Waals surface area contributed by atoms with Crippen LogP contribution in [0.5, 0.6) is 11.5 Å². The van der Waals surface area contributed by atoms with Gasteiger partial charge < -0.3 is 20.3 Å². The fourth-order valence-electron chi connectivity index (χ4n) is 2.75. The van der Waals surface area contributed by atoms with Gasteiger partial charge in [0.1, 0.15) is 18.2 Å². The third-order valence-electron chi connectivity index (χ3n) is 4.44. The second-order valence-corrected chi connectivity index (χ2v) is 6.74. The van der Waals surface area contributed by atoms with Crippen LogP contribution in [0.2, 0.25) is 0 Å². The first kappa shape index (κ1) is 21.7. The number of phenols is 2. The summed E-state index contributed by atoms with van der Waals surface area (Å²) in [5, 5.41) is 23.1. The van der Waals surface area contributed by atoms with Gasteiger partial charge in [-0.3, -0.25) is 9.69 Å². The number of benzene rings is 2. The number of nitrogens with one attached hydrogen (secondary N) is 1. The molecule has 0 saturated heterocycles. The van der Waals surface area contributed by atoms with E-state index in [-0.39, 0.29) is 24.2 Å². The molecule has 6 heteroatoms. The van der Waals surface area contributed by atoms with Crippen molar-refractivity contribution in [1.82, 2.24) is 10.2 Å². The number of ether oxygens (including phenoxy) is 1. The lowest BCUT2D eigenvalue weighted by molar-refractivity contribution is -0.148. The van der Waals surface area contributed by atoms with Crippen molar-refractivity contribution in [3.63, 3.8) is 0 Å². The van der Waals surface area contributed by atoms with Crippen LogP contribution < -0.4 is 5.32 Å². The molecular weight excluding hydrogens is 356 g/mol. The monoisotopic (exact) mass is 386 g/mol. The van der Waals surface area contributed by atoms with Crippen molar-refractivity contribution in [2.24, 2.45) is 0 Å². The van der Waals surface area contributed by atoms with Crippen LogP contribution in [0, 0.1) is 0 Å². The maximum Gasteiger partial charge on any atom is 0.307 e. The van der Waals surface area contributed by atoms with Gasteiger partial charge in [0.05, 0.1) is 0 Å². The molecule has 0 aromatic heterocycles. The molecule has 152 valence electrons. The largest absolute Gasteiger partial charge is 0.508 e. The average Bonchev–Trinajstić information content (AvgIpc) is 2.70. The van der Waals surface area contributed by atoms with Crippen LogP contribution in [0.1, 0.15) is 37.3 Å². The standard InChI is InChI=1S/C22H30N2O4/c1-2-3-12-22(27)28-17-24(16-19-9-5-7-11-21(19)26)14-13-23-15-18-8-4-6-10-20(18)25/h4-11,23,25-26H,2-3,12-17H2,1H3. The summed E-state index contributed by atoms with van der Waals surface area (Å²) in [4.78, 5) is 13.8. The van der Waals surface area contributed by atoms with Gasteiger partial charge in [-0.2, -0.15) is 0 Å². The Morgan fingerprint density at radius 2 is 1.68 bits per heavy atom. The summed E-state index contributed by atoms with van der Waals surface area (Å²) in [6.07, 6.45) is 2.19. The summed E-state index contributed by atoms with van der Waals surface area (Å²) in [7, 11) is 0. The molecule has 0 unspecified atom stereocenters. The molecule has 0 heterocycles. The first-order chi connectivity index (χ1) is 13.6. The zero-order valence-electron chi connectivity index (χ0n) is 16.4. The second kappa shape index (κ2) is 12.0. The van der Waals surface area contributed by atoms with E-state index in [2.05, 4.69) is 5.32 Å². The maximum absolute atomic E-state index is 11.8. The number of aromatic hydroxyl groups is 2. The van der Waals surface area contributed by atoms with Crippen molar-refractivity contribution in [2.45, 2.75) is 39.3 Å². The lowest BCUT2D eigenvalue weighted by Gasteiger charge is -2.23. The van der Waals surface area contributed by atoms with E-state index in [4.69, 9.17) is 4.74 Å². The SMILES string of the molecule is CCCCC(=O)OCN(CCNCc1ccccc1O)Cc1ccccc1O. The molecular formula is C22H30N2O4. The van der Waals surface area contributed by atoms with Crippen molar-refractivity contribution in [3.8, 4) is 11.5 Å². The summed E-state index contributed by atoms with van der Waals surface area (Å²) < 4.78 is 5.39. The normalized spacial score (nSPS) is 10.9. The predicted octanol–water partition coefficient (Wildman–Crippen LogP) is 3.38. The quantitative estimate of drug-likeness (QED) is 0.295. The van der Waals surface area contributed by atoms with Gasteiger partial charge in [-0.1, -0.05) is 49.7 Å².